The number of benzene rings is 2. The second kappa shape index (κ2) is 12.9. The van der Waals surface area contributed by atoms with Gasteiger partial charge in [0.05, 0.1) is 10.8 Å². The highest BCUT2D eigenvalue weighted by Gasteiger charge is 2.57. The largest absolute Gasteiger partial charge is 0.276 e. The summed E-state index contributed by atoms with van der Waals surface area (Å²) in [6, 6.07) is 10.3. The summed E-state index contributed by atoms with van der Waals surface area (Å²) in [5.41, 5.74) is 10.8. The number of nitrogens with zero attached hydrogens (tertiary/aromatic N) is 4. The number of carbonyl (C=O) groups is 2. The van der Waals surface area contributed by atoms with Crippen molar-refractivity contribution in [3.8, 4) is 0 Å². The quantitative estimate of drug-likeness (QED) is 0.200. The SMILES string of the molecule is CC(C)c1cc2c(cc1Cc1cc3c(cc1C(C)C)CCC1C(C)(C(=O)n4ccnc4)CCCC31C)C1(C)CCCC(C)(C(=O)n3ccnc3)C1CC2. The van der Waals surface area contributed by atoms with E-state index in [-0.39, 0.29) is 34.5 Å². The van der Waals surface area contributed by atoms with E-state index in [1.54, 1.807) is 34.2 Å². The fourth-order valence-corrected chi connectivity index (χ4v) is 12.6. The molecule has 8 rings (SSSR count). The van der Waals surface area contributed by atoms with Gasteiger partial charge in [-0.25, -0.2) is 9.97 Å². The van der Waals surface area contributed by atoms with Gasteiger partial charge in [0.15, 0.2) is 0 Å². The van der Waals surface area contributed by atoms with Gasteiger partial charge in [-0.3, -0.25) is 18.7 Å². The summed E-state index contributed by atoms with van der Waals surface area (Å²) < 4.78 is 3.46. The van der Waals surface area contributed by atoms with E-state index in [4.69, 9.17) is 0 Å². The van der Waals surface area contributed by atoms with Gasteiger partial charge in [-0.15, -0.1) is 0 Å². The normalized spacial score (nSPS) is 30.8. The summed E-state index contributed by atoms with van der Waals surface area (Å²) >= 11 is 0. The van der Waals surface area contributed by atoms with Crippen LogP contribution in [0.4, 0.5) is 0 Å². The Balaban J connectivity index is 1.20. The third-order valence-corrected chi connectivity index (χ3v) is 15.3. The van der Waals surface area contributed by atoms with Crippen LogP contribution in [0.3, 0.4) is 0 Å². The zero-order valence-corrected chi connectivity index (χ0v) is 33.5. The topological polar surface area (TPSA) is 69.8 Å². The first-order valence-electron chi connectivity index (χ1n) is 20.6. The molecule has 4 aromatic rings. The predicted octanol–water partition coefficient (Wildman–Crippen LogP) is 10.6. The van der Waals surface area contributed by atoms with Crippen LogP contribution in [0.1, 0.15) is 173 Å². The van der Waals surface area contributed by atoms with Crippen LogP contribution in [0.25, 0.3) is 0 Å². The van der Waals surface area contributed by atoms with Crippen molar-refractivity contribution < 1.29 is 9.59 Å². The van der Waals surface area contributed by atoms with E-state index in [0.717, 1.165) is 70.6 Å². The Bertz CT molecular complexity index is 1900. The molecule has 2 aromatic heterocycles. The van der Waals surface area contributed by atoms with Crippen molar-refractivity contribution in [2.75, 3.05) is 0 Å². The van der Waals surface area contributed by atoms with Crippen LogP contribution in [-0.2, 0) is 30.1 Å². The van der Waals surface area contributed by atoms with E-state index in [1.165, 1.54) is 44.5 Å². The van der Waals surface area contributed by atoms with Crippen molar-refractivity contribution in [2.45, 2.75) is 149 Å². The van der Waals surface area contributed by atoms with Gasteiger partial charge in [0.1, 0.15) is 12.7 Å². The summed E-state index contributed by atoms with van der Waals surface area (Å²) in [5, 5.41) is 0. The van der Waals surface area contributed by atoms with Crippen LogP contribution in [0.2, 0.25) is 0 Å². The Kier molecular flexibility index (Phi) is 8.82. The maximum absolute atomic E-state index is 14.1. The summed E-state index contributed by atoms with van der Waals surface area (Å²) in [4.78, 5) is 36.7. The molecule has 0 aliphatic heterocycles. The van der Waals surface area contributed by atoms with Crippen molar-refractivity contribution in [3.63, 3.8) is 0 Å². The van der Waals surface area contributed by atoms with E-state index in [0.29, 0.717) is 11.8 Å². The number of imidazole rings is 2. The van der Waals surface area contributed by atoms with Gasteiger partial charge in [0.25, 0.3) is 0 Å². The molecule has 6 heteroatoms. The first-order chi connectivity index (χ1) is 25.2. The molecule has 0 saturated heterocycles. The van der Waals surface area contributed by atoms with E-state index in [2.05, 4.69) is 89.6 Å². The summed E-state index contributed by atoms with van der Waals surface area (Å²) in [6.07, 6.45) is 21.7. The lowest BCUT2D eigenvalue weighted by Crippen LogP contribution is -2.53. The van der Waals surface area contributed by atoms with Gasteiger partial charge in [0, 0.05) is 24.8 Å². The first-order valence-corrected chi connectivity index (χ1v) is 20.6. The maximum atomic E-state index is 14.1. The molecule has 6 atom stereocenters. The molecule has 2 aromatic carbocycles. The second-order valence-electron chi connectivity index (χ2n) is 19.0. The average Bonchev–Trinajstić information content (AvgIpc) is 3.86. The molecule has 0 spiro atoms. The van der Waals surface area contributed by atoms with Crippen molar-refractivity contribution in [1.82, 2.24) is 19.1 Å². The lowest BCUT2D eigenvalue weighted by atomic mass is 9.49. The number of rotatable bonds is 6. The minimum atomic E-state index is -0.425. The molecular weight excluding hydrogens is 653 g/mol. The fourth-order valence-electron chi connectivity index (χ4n) is 12.6. The summed E-state index contributed by atoms with van der Waals surface area (Å²) in [7, 11) is 0. The number of hydrogen-bond donors (Lipinski definition) is 0. The summed E-state index contributed by atoms with van der Waals surface area (Å²) in [5.74, 6) is 1.77. The first kappa shape index (κ1) is 36.2. The molecule has 2 saturated carbocycles. The molecule has 4 aliphatic rings. The second-order valence-corrected chi connectivity index (χ2v) is 19.0. The van der Waals surface area contributed by atoms with E-state index >= 15 is 0 Å². The van der Waals surface area contributed by atoms with Crippen LogP contribution in [0.5, 0.6) is 0 Å². The Morgan fingerprint density at radius 2 is 1.08 bits per heavy atom. The highest BCUT2D eigenvalue weighted by molar-refractivity contribution is 5.86. The lowest BCUT2D eigenvalue weighted by molar-refractivity contribution is 0.0165. The predicted molar refractivity (Wildman–Crippen MR) is 212 cm³/mol. The zero-order chi connectivity index (χ0) is 37.5. The zero-order valence-electron chi connectivity index (χ0n) is 33.5. The van der Waals surface area contributed by atoms with Crippen molar-refractivity contribution in [2.24, 2.45) is 22.7 Å². The number of fused-ring (bicyclic) bond motifs is 6. The molecule has 0 bridgehead atoms. The average molecular weight is 713 g/mol. The number of aromatic nitrogens is 4. The minimum absolute atomic E-state index is 0.0627. The molecule has 6 nitrogen and oxygen atoms in total. The molecule has 53 heavy (non-hydrogen) atoms. The molecule has 0 amide bonds. The van der Waals surface area contributed by atoms with Crippen molar-refractivity contribution in [1.29, 1.82) is 0 Å². The highest BCUT2D eigenvalue weighted by Crippen LogP contribution is 2.60. The smallest absolute Gasteiger partial charge is 0.238 e. The van der Waals surface area contributed by atoms with Crippen LogP contribution < -0.4 is 0 Å². The van der Waals surface area contributed by atoms with Gasteiger partial charge in [0.2, 0.25) is 11.8 Å². The molecule has 2 fully saturated rings. The van der Waals surface area contributed by atoms with Crippen molar-refractivity contribution >= 4 is 11.8 Å². The number of aryl methyl sites for hydroxylation is 2. The molecule has 0 radical (unpaired) electrons. The van der Waals surface area contributed by atoms with E-state index < -0.39 is 10.8 Å². The fraction of sp³-hybridized carbons (Fsp3) is 0.574. The maximum Gasteiger partial charge on any atom is 0.238 e. The summed E-state index contributed by atoms with van der Waals surface area (Å²) in [6.45, 7) is 18.8. The number of hydrogen-bond acceptors (Lipinski definition) is 4. The minimum Gasteiger partial charge on any atom is -0.276 e. The van der Waals surface area contributed by atoms with Crippen LogP contribution in [-0.4, -0.2) is 30.9 Å². The third-order valence-electron chi connectivity index (χ3n) is 15.3. The standard InChI is InChI=1S/C47H60N4O2/c1-30(2)36-24-32-11-13-40-44(5,15-9-17-46(40,7)42(52)50-21-19-48-28-50)38(32)26-34(36)23-35-27-39-33(25-37(35)31(3)4)12-14-41-45(39,6)16-10-18-47(41,8)43(53)51-22-20-49-29-51/h19-22,24-31,40-41H,9-18,23H2,1-8H3. The molecular formula is C47H60N4O2. The van der Waals surface area contributed by atoms with Gasteiger partial charge in [-0.2, -0.15) is 0 Å². The molecule has 280 valence electrons. The Labute approximate surface area is 317 Å². The van der Waals surface area contributed by atoms with E-state index in [9.17, 15) is 9.59 Å². The Morgan fingerprint density at radius 1 is 0.660 bits per heavy atom. The van der Waals surface area contributed by atoms with Gasteiger partial charge in [-0.1, -0.05) is 92.5 Å². The van der Waals surface area contributed by atoms with Crippen LogP contribution >= 0.6 is 0 Å². The van der Waals surface area contributed by atoms with E-state index in [1.807, 2.05) is 12.4 Å². The molecule has 0 N–H and O–H groups in total. The monoisotopic (exact) mass is 712 g/mol. The Morgan fingerprint density at radius 3 is 1.43 bits per heavy atom. The lowest BCUT2D eigenvalue weighted by Gasteiger charge is -2.55. The van der Waals surface area contributed by atoms with Crippen LogP contribution in [0, 0.1) is 22.7 Å². The molecule has 6 unspecified atom stereocenters. The van der Waals surface area contributed by atoms with Gasteiger partial charge in [-0.05, 0) is 137 Å². The van der Waals surface area contributed by atoms with Gasteiger partial charge < -0.3 is 0 Å². The van der Waals surface area contributed by atoms with Gasteiger partial charge >= 0.3 is 0 Å². The highest BCUT2D eigenvalue weighted by atomic mass is 16.2. The third kappa shape index (κ3) is 5.55. The van der Waals surface area contributed by atoms with Crippen molar-refractivity contribution in [3.05, 3.63) is 106 Å². The Hall–Kier alpha value is -3.80. The molecule has 2 heterocycles. The number of carbonyl (C=O) groups excluding carboxylic acids is 2. The molecule has 4 aliphatic carbocycles. The van der Waals surface area contributed by atoms with Crippen LogP contribution in [0.15, 0.2) is 61.7 Å².